The van der Waals surface area contributed by atoms with E-state index >= 15 is 0 Å². The van der Waals surface area contributed by atoms with Gasteiger partial charge >= 0.3 is 0 Å². The third kappa shape index (κ3) is 4.10. The van der Waals surface area contributed by atoms with Crippen LogP contribution in [0.4, 0.5) is 0 Å². The first-order chi connectivity index (χ1) is 10.7. The fourth-order valence-electron chi connectivity index (χ4n) is 2.68. The number of rotatable bonds is 5. The van der Waals surface area contributed by atoms with E-state index in [-0.39, 0.29) is 29.7 Å². The summed E-state index contributed by atoms with van der Waals surface area (Å²) in [5, 5.41) is 9.71. The minimum Gasteiger partial charge on any atom is -0.491 e. The number of aliphatic hydroxyl groups excluding tert-OH is 1. The number of benzene rings is 1. The van der Waals surface area contributed by atoms with Gasteiger partial charge in [-0.25, -0.2) is 8.42 Å². The van der Waals surface area contributed by atoms with Crippen LogP contribution in [0.1, 0.15) is 33.6 Å². The zero-order valence-electron chi connectivity index (χ0n) is 13.6. The van der Waals surface area contributed by atoms with E-state index in [1.807, 2.05) is 13.8 Å². The summed E-state index contributed by atoms with van der Waals surface area (Å²) in [7, 11) is -3.78. The fourth-order valence-corrected chi connectivity index (χ4v) is 4.35. The number of aliphatic hydroxyl groups is 1. The lowest BCUT2D eigenvalue weighted by molar-refractivity contribution is -0.122. The Morgan fingerprint density at radius 2 is 1.91 bits per heavy atom. The summed E-state index contributed by atoms with van der Waals surface area (Å²) in [5.41, 5.74) is 0. The molecule has 1 heterocycles. The van der Waals surface area contributed by atoms with Gasteiger partial charge in [-0.1, -0.05) is 0 Å². The SMILES string of the molecule is CC(=O)C1C[C@H](O)CCN1S(=O)(=O)c1ccc(OC(C)C)cc1. The Kier molecular flexibility index (Phi) is 5.44. The van der Waals surface area contributed by atoms with Crippen LogP contribution in [0.3, 0.4) is 0 Å². The number of nitrogens with zero attached hydrogens (tertiary/aromatic N) is 1. The number of hydrogen-bond acceptors (Lipinski definition) is 5. The Bertz CT molecular complexity index is 654. The van der Waals surface area contributed by atoms with Crippen LogP contribution in [-0.2, 0) is 14.8 Å². The highest BCUT2D eigenvalue weighted by Gasteiger charge is 2.38. The van der Waals surface area contributed by atoms with Crippen LogP contribution in [-0.4, -0.2) is 48.4 Å². The lowest BCUT2D eigenvalue weighted by Crippen LogP contribution is -2.50. The summed E-state index contributed by atoms with van der Waals surface area (Å²) >= 11 is 0. The maximum Gasteiger partial charge on any atom is 0.243 e. The molecule has 0 bridgehead atoms. The quantitative estimate of drug-likeness (QED) is 0.879. The number of sulfonamides is 1. The molecule has 0 amide bonds. The molecule has 128 valence electrons. The molecule has 0 aliphatic carbocycles. The predicted molar refractivity (Wildman–Crippen MR) is 85.8 cm³/mol. The van der Waals surface area contributed by atoms with Crippen molar-refractivity contribution in [1.29, 1.82) is 0 Å². The molecule has 1 fully saturated rings. The number of ketones is 1. The molecule has 1 aromatic carbocycles. The van der Waals surface area contributed by atoms with E-state index in [0.29, 0.717) is 12.2 Å². The molecule has 1 aromatic rings. The third-order valence-corrected chi connectivity index (χ3v) is 5.72. The van der Waals surface area contributed by atoms with Crippen molar-refractivity contribution in [3.05, 3.63) is 24.3 Å². The molecule has 1 aliphatic heterocycles. The maximum absolute atomic E-state index is 12.8. The number of piperidine rings is 1. The molecule has 0 spiro atoms. The van der Waals surface area contributed by atoms with Gasteiger partial charge in [-0.15, -0.1) is 0 Å². The predicted octanol–water partition coefficient (Wildman–Crippen LogP) is 1.58. The maximum atomic E-state index is 12.8. The van der Waals surface area contributed by atoms with Gasteiger partial charge in [0.1, 0.15) is 11.5 Å². The monoisotopic (exact) mass is 341 g/mol. The minimum absolute atomic E-state index is 0.00290. The van der Waals surface area contributed by atoms with Gasteiger partial charge in [0.05, 0.1) is 23.1 Å². The highest BCUT2D eigenvalue weighted by molar-refractivity contribution is 7.89. The zero-order chi connectivity index (χ0) is 17.2. The van der Waals surface area contributed by atoms with Gasteiger partial charge in [-0.05, 0) is 57.9 Å². The molecule has 2 atom stereocenters. The van der Waals surface area contributed by atoms with E-state index in [1.165, 1.54) is 23.4 Å². The Morgan fingerprint density at radius 3 is 2.43 bits per heavy atom. The first-order valence-electron chi connectivity index (χ1n) is 7.69. The van der Waals surface area contributed by atoms with Crippen molar-refractivity contribution in [2.45, 2.75) is 56.8 Å². The number of carbonyl (C=O) groups is 1. The van der Waals surface area contributed by atoms with Crippen LogP contribution in [0, 0.1) is 0 Å². The molecule has 6 nitrogen and oxygen atoms in total. The highest BCUT2D eigenvalue weighted by atomic mass is 32.2. The lowest BCUT2D eigenvalue weighted by atomic mass is 9.99. The van der Waals surface area contributed by atoms with Crippen LogP contribution in [0.5, 0.6) is 5.75 Å². The summed E-state index contributed by atoms with van der Waals surface area (Å²) in [6.07, 6.45) is -0.166. The van der Waals surface area contributed by atoms with Crippen molar-refractivity contribution in [3.63, 3.8) is 0 Å². The Hall–Kier alpha value is -1.44. The molecule has 0 saturated carbocycles. The van der Waals surface area contributed by atoms with E-state index in [9.17, 15) is 18.3 Å². The highest BCUT2D eigenvalue weighted by Crippen LogP contribution is 2.27. The Balaban J connectivity index is 2.27. The van der Waals surface area contributed by atoms with E-state index in [1.54, 1.807) is 12.1 Å². The summed E-state index contributed by atoms with van der Waals surface area (Å²) in [4.78, 5) is 11.9. The van der Waals surface area contributed by atoms with Gasteiger partial charge in [-0.2, -0.15) is 4.31 Å². The number of Topliss-reactive ketones (excluding diaryl/α,β-unsaturated/α-hetero) is 1. The van der Waals surface area contributed by atoms with Crippen molar-refractivity contribution in [3.8, 4) is 5.75 Å². The molecule has 7 heteroatoms. The molecule has 23 heavy (non-hydrogen) atoms. The van der Waals surface area contributed by atoms with Gasteiger partial charge in [0.25, 0.3) is 0 Å². The molecule has 2 rings (SSSR count). The van der Waals surface area contributed by atoms with Gasteiger partial charge in [0.15, 0.2) is 0 Å². The zero-order valence-corrected chi connectivity index (χ0v) is 14.4. The second-order valence-electron chi connectivity index (χ2n) is 6.06. The van der Waals surface area contributed by atoms with Gasteiger partial charge < -0.3 is 9.84 Å². The molecule has 1 unspecified atom stereocenters. The third-order valence-electron chi connectivity index (χ3n) is 3.80. The largest absolute Gasteiger partial charge is 0.491 e. The molecular formula is C16H23NO5S. The number of carbonyl (C=O) groups excluding carboxylic acids is 1. The summed E-state index contributed by atoms with van der Waals surface area (Å²) in [6, 6.07) is 5.36. The minimum atomic E-state index is -3.78. The molecule has 1 N–H and O–H groups in total. The van der Waals surface area contributed by atoms with Crippen LogP contribution >= 0.6 is 0 Å². The standard InChI is InChI=1S/C16H23NO5S/c1-11(2)22-14-4-6-15(7-5-14)23(20,21)17-9-8-13(19)10-16(17)12(3)18/h4-7,11,13,16,19H,8-10H2,1-3H3/t13-,16?/m1/s1. The summed E-state index contributed by atoms with van der Waals surface area (Å²) < 4.78 is 32.3. The smallest absolute Gasteiger partial charge is 0.243 e. The van der Waals surface area contributed by atoms with Gasteiger partial charge in [0, 0.05) is 6.54 Å². The Morgan fingerprint density at radius 1 is 1.30 bits per heavy atom. The molecule has 0 aromatic heterocycles. The normalized spacial score (nSPS) is 23.0. The molecule has 0 radical (unpaired) electrons. The van der Waals surface area contributed by atoms with Crippen LogP contribution in [0.2, 0.25) is 0 Å². The summed E-state index contributed by atoms with van der Waals surface area (Å²) in [6.45, 7) is 5.27. The van der Waals surface area contributed by atoms with Crippen LogP contribution in [0.25, 0.3) is 0 Å². The van der Waals surface area contributed by atoms with Crippen LogP contribution in [0.15, 0.2) is 29.2 Å². The van der Waals surface area contributed by atoms with E-state index in [0.717, 1.165) is 0 Å². The van der Waals surface area contributed by atoms with Crippen molar-refractivity contribution < 1.29 is 23.1 Å². The van der Waals surface area contributed by atoms with Crippen molar-refractivity contribution >= 4 is 15.8 Å². The lowest BCUT2D eigenvalue weighted by Gasteiger charge is -2.35. The molecule has 1 saturated heterocycles. The van der Waals surface area contributed by atoms with Crippen LogP contribution < -0.4 is 4.74 Å². The topological polar surface area (TPSA) is 83.9 Å². The van der Waals surface area contributed by atoms with Crippen molar-refractivity contribution in [2.75, 3.05) is 6.54 Å². The average Bonchev–Trinajstić information content (AvgIpc) is 2.46. The van der Waals surface area contributed by atoms with Gasteiger partial charge in [-0.3, -0.25) is 4.79 Å². The molecule has 1 aliphatic rings. The second kappa shape index (κ2) is 6.98. The van der Waals surface area contributed by atoms with Gasteiger partial charge in [0.2, 0.25) is 10.0 Å². The van der Waals surface area contributed by atoms with Crippen molar-refractivity contribution in [2.24, 2.45) is 0 Å². The number of hydrogen-bond donors (Lipinski definition) is 1. The second-order valence-corrected chi connectivity index (χ2v) is 7.95. The Labute approximate surface area is 137 Å². The van der Waals surface area contributed by atoms with Crippen molar-refractivity contribution in [1.82, 2.24) is 4.31 Å². The van der Waals surface area contributed by atoms with E-state index in [2.05, 4.69) is 0 Å². The van der Waals surface area contributed by atoms with E-state index in [4.69, 9.17) is 4.74 Å². The first-order valence-corrected chi connectivity index (χ1v) is 9.13. The molecular weight excluding hydrogens is 318 g/mol. The average molecular weight is 341 g/mol. The van der Waals surface area contributed by atoms with E-state index < -0.39 is 22.2 Å². The number of ether oxygens (including phenoxy) is 1. The fraction of sp³-hybridized carbons (Fsp3) is 0.562. The first kappa shape index (κ1) is 17.9. The summed E-state index contributed by atoms with van der Waals surface area (Å²) in [5.74, 6) is 0.336.